The van der Waals surface area contributed by atoms with Crippen LogP contribution in [0.25, 0.3) is 0 Å². The van der Waals surface area contributed by atoms with E-state index in [0.29, 0.717) is 12.1 Å². The van der Waals surface area contributed by atoms with E-state index in [-0.39, 0.29) is 18.1 Å². The molecular formula is C15H12FNO2S. The van der Waals surface area contributed by atoms with Gasteiger partial charge in [0.2, 0.25) is 0 Å². The molecule has 20 heavy (non-hydrogen) atoms. The Morgan fingerprint density at radius 3 is 2.95 bits per heavy atom. The first kappa shape index (κ1) is 14.3. The van der Waals surface area contributed by atoms with Gasteiger partial charge in [-0.2, -0.15) is 11.3 Å². The van der Waals surface area contributed by atoms with Gasteiger partial charge < -0.3 is 10.4 Å². The van der Waals surface area contributed by atoms with Crippen LogP contribution in [-0.2, 0) is 6.54 Å². The van der Waals surface area contributed by atoms with Crippen molar-refractivity contribution in [3.63, 3.8) is 0 Å². The summed E-state index contributed by atoms with van der Waals surface area (Å²) in [7, 11) is 0. The average Bonchev–Trinajstić information content (AvgIpc) is 2.96. The molecule has 0 aliphatic rings. The van der Waals surface area contributed by atoms with Gasteiger partial charge in [0.1, 0.15) is 12.4 Å². The Labute approximate surface area is 120 Å². The van der Waals surface area contributed by atoms with E-state index in [1.807, 2.05) is 16.8 Å². The molecule has 0 unspecified atom stereocenters. The second-order valence-corrected chi connectivity index (χ2v) is 4.74. The van der Waals surface area contributed by atoms with E-state index in [1.165, 1.54) is 18.2 Å². The summed E-state index contributed by atoms with van der Waals surface area (Å²) in [5.41, 5.74) is 1.57. The van der Waals surface area contributed by atoms with Gasteiger partial charge >= 0.3 is 0 Å². The number of benzene rings is 1. The van der Waals surface area contributed by atoms with E-state index >= 15 is 0 Å². The molecule has 2 N–H and O–H groups in total. The Morgan fingerprint density at radius 1 is 1.40 bits per heavy atom. The molecule has 1 aromatic carbocycles. The van der Waals surface area contributed by atoms with Crippen LogP contribution in [0.2, 0.25) is 0 Å². The zero-order valence-corrected chi connectivity index (χ0v) is 11.3. The van der Waals surface area contributed by atoms with Crippen LogP contribution in [0.3, 0.4) is 0 Å². The van der Waals surface area contributed by atoms with Crippen molar-refractivity contribution in [2.24, 2.45) is 0 Å². The normalized spacial score (nSPS) is 9.70. The number of thiophene rings is 1. The Balaban J connectivity index is 2.16. The van der Waals surface area contributed by atoms with Gasteiger partial charge in [-0.1, -0.05) is 11.8 Å². The van der Waals surface area contributed by atoms with E-state index < -0.39 is 5.82 Å². The third-order valence-electron chi connectivity index (χ3n) is 2.56. The number of amides is 1. The van der Waals surface area contributed by atoms with Crippen molar-refractivity contribution in [3.05, 3.63) is 57.5 Å². The lowest BCUT2D eigenvalue weighted by Crippen LogP contribution is -2.23. The summed E-state index contributed by atoms with van der Waals surface area (Å²) in [6.45, 7) is 0.0685. The summed E-state index contributed by atoms with van der Waals surface area (Å²) in [5, 5.41) is 15.3. The number of aliphatic hydroxyl groups is 1. The molecule has 2 rings (SSSR count). The quantitative estimate of drug-likeness (QED) is 0.851. The third-order valence-corrected chi connectivity index (χ3v) is 3.29. The molecule has 0 saturated heterocycles. The highest BCUT2D eigenvalue weighted by Crippen LogP contribution is 2.11. The Bertz CT molecular complexity index is 656. The molecule has 1 amide bonds. The predicted molar refractivity (Wildman–Crippen MR) is 75.9 cm³/mol. The summed E-state index contributed by atoms with van der Waals surface area (Å²) in [4.78, 5) is 12.1. The molecule has 0 fully saturated rings. The zero-order valence-electron chi connectivity index (χ0n) is 10.5. The molecule has 2 aromatic rings. The lowest BCUT2D eigenvalue weighted by atomic mass is 10.1. The van der Waals surface area contributed by atoms with Crippen LogP contribution in [0.1, 0.15) is 21.5 Å². The standard InChI is InChI=1S/C15H12FNO2S/c16-13-3-4-14(12(8-13)2-1-6-18)15(19)17-9-11-5-7-20-10-11/h3-5,7-8,10,18H,6,9H2,(H,17,19). The van der Waals surface area contributed by atoms with E-state index in [0.717, 1.165) is 5.56 Å². The van der Waals surface area contributed by atoms with Crippen LogP contribution in [-0.4, -0.2) is 17.6 Å². The SMILES string of the molecule is O=C(NCc1ccsc1)c1ccc(F)cc1C#CCO. The molecule has 0 bridgehead atoms. The molecule has 0 saturated carbocycles. The maximum absolute atomic E-state index is 13.2. The lowest BCUT2D eigenvalue weighted by molar-refractivity contribution is 0.0950. The van der Waals surface area contributed by atoms with E-state index in [4.69, 9.17) is 5.11 Å². The van der Waals surface area contributed by atoms with Gasteiger partial charge in [0.15, 0.2) is 0 Å². The number of aliphatic hydroxyl groups excluding tert-OH is 1. The smallest absolute Gasteiger partial charge is 0.252 e. The van der Waals surface area contributed by atoms with Crippen LogP contribution in [0.5, 0.6) is 0 Å². The highest BCUT2D eigenvalue weighted by Gasteiger charge is 2.11. The minimum absolute atomic E-state index is 0.266. The van der Waals surface area contributed by atoms with Gasteiger partial charge in [0, 0.05) is 12.1 Å². The topological polar surface area (TPSA) is 49.3 Å². The van der Waals surface area contributed by atoms with E-state index in [1.54, 1.807) is 11.3 Å². The molecule has 5 heteroatoms. The second kappa shape index (κ2) is 6.85. The first-order valence-electron chi connectivity index (χ1n) is 5.89. The number of rotatable bonds is 3. The molecule has 0 aliphatic carbocycles. The molecule has 0 aliphatic heterocycles. The summed E-state index contributed by atoms with van der Waals surface area (Å²) in [5.74, 6) is 4.20. The van der Waals surface area contributed by atoms with Crippen molar-refractivity contribution in [1.82, 2.24) is 5.32 Å². The van der Waals surface area contributed by atoms with E-state index in [9.17, 15) is 9.18 Å². The van der Waals surface area contributed by atoms with Crippen LogP contribution in [0.4, 0.5) is 4.39 Å². The lowest BCUT2D eigenvalue weighted by Gasteiger charge is -2.06. The van der Waals surface area contributed by atoms with Crippen LogP contribution in [0, 0.1) is 17.7 Å². The monoisotopic (exact) mass is 289 g/mol. The van der Waals surface area contributed by atoms with Crippen LogP contribution in [0.15, 0.2) is 35.0 Å². The Hall–Kier alpha value is -2.16. The number of carbonyl (C=O) groups is 1. The van der Waals surface area contributed by atoms with Crippen LogP contribution < -0.4 is 5.32 Å². The number of hydrogen-bond acceptors (Lipinski definition) is 3. The zero-order chi connectivity index (χ0) is 14.4. The maximum atomic E-state index is 13.2. The van der Waals surface area contributed by atoms with Crippen LogP contribution >= 0.6 is 11.3 Å². The summed E-state index contributed by atoms with van der Waals surface area (Å²) < 4.78 is 13.2. The summed E-state index contributed by atoms with van der Waals surface area (Å²) in [6.07, 6.45) is 0. The largest absolute Gasteiger partial charge is 0.384 e. The van der Waals surface area contributed by atoms with Crippen molar-refractivity contribution in [3.8, 4) is 11.8 Å². The molecular weight excluding hydrogens is 277 g/mol. The third kappa shape index (κ3) is 3.67. The molecule has 0 radical (unpaired) electrons. The minimum atomic E-state index is -0.471. The fourth-order valence-corrected chi connectivity index (χ4v) is 2.29. The van der Waals surface area contributed by atoms with Crippen molar-refractivity contribution in [1.29, 1.82) is 0 Å². The van der Waals surface area contributed by atoms with Gasteiger partial charge in [-0.15, -0.1) is 0 Å². The molecule has 1 heterocycles. The van der Waals surface area contributed by atoms with Crippen molar-refractivity contribution >= 4 is 17.2 Å². The van der Waals surface area contributed by atoms with Gasteiger partial charge in [-0.25, -0.2) is 4.39 Å². The fourth-order valence-electron chi connectivity index (χ4n) is 1.62. The first-order chi connectivity index (χ1) is 9.70. The second-order valence-electron chi connectivity index (χ2n) is 3.96. The molecule has 102 valence electrons. The highest BCUT2D eigenvalue weighted by atomic mass is 32.1. The first-order valence-corrected chi connectivity index (χ1v) is 6.83. The Morgan fingerprint density at radius 2 is 2.25 bits per heavy atom. The van der Waals surface area contributed by atoms with Crippen molar-refractivity contribution in [2.45, 2.75) is 6.54 Å². The van der Waals surface area contributed by atoms with Crippen molar-refractivity contribution in [2.75, 3.05) is 6.61 Å². The summed E-state index contributed by atoms with van der Waals surface area (Å²) in [6, 6.07) is 5.70. The highest BCUT2D eigenvalue weighted by molar-refractivity contribution is 7.07. The fraction of sp³-hybridized carbons (Fsp3) is 0.133. The van der Waals surface area contributed by atoms with Crippen molar-refractivity contribution < 1.29 is 14.3 Å². The number of halogens is 1. The Kier molecular flexibility index (Phi) is 4.88. The number of hydrogen-bond donors (Lipinski definition) is 2. The maximum Gasteiger partial charge on any atom is 0.252 e. The molecule has 3 nitrogen and oxygen atoms in total. The van der Waals surface area contributed by atoms with E-state index in [2.05, 4.69) is 17.2 Å². The predicted octanol–water partition coefficient (Wildman–Crippen LogP) is 2.16. The molecule has 0 atom stereocenters. The minimum Gasteiger partial charge on any atom is -0.384 e. The van der Waals surface area contributed by atoms with Gasteiger partial charge in [0.25, 0.3) is 5.91 Å². The van der Waals surface area contributed by atoms with Gasteiger partial charge in [0.05, 0.1) is 5.56 Å². The molecule has 0 spiro atoms. The number of nitrogens with one attached hydrogen (secondary N) is 1. The van der Waals surface area contributed by atoms with Gasteiger partial charge in [-0.05, 0) is 40.6 Å². The average molecular weight is 289 g/mol. The number of carbonyl (C=O) groups excluding carboxylic acids is 1. The molecule has 1 aromatic heterocycles. The summed E-state index contributed by atoms with van der Waals surface area (Å²) >= 11 is 1.55. The van der Waals surface area contributed by atoms with Gasteiger partial charge in [-0.3, -0.25) is 4.79 Å².